The van der Waals surface area contributed by atoms with Crippen LogP contribution in [0.15, 0.2) is 18.2 Å². The first kappa shape index (κ1) is 13.9. The molecule has 0 saturated carbocycles. The van der Waals surface area contributed by atoms with Crippen LogP contribution in [0.2, 0.25) is 0 Å². The van der Waals surface area contributed by atoms with Gasteiger partial charge in [-0.2, -0.15) is 0 Å². The number of nitrogens with two attached hydrogens (primary N) is 1. The number of ketones is 1. The molecule has 1 aliphatic heterocycles. The highest BCUT2D eigenvalue weighted by atomic mass is 16.5. The molecule has 0 bridgehead atoms. The van der Waals surface area contributed by atoms with Crippen LogP contribution < -0.4 is 15.4 Å². The number of Topliss-reactive ketones (excluding diaryl/α,β-unsaturated/α-hetero) is 1. The molecule has 1 atom stereocenters. The fourth-order valence-electron chi connectivity index (χ4n) is 2.41. The van der Waals surface area contributed by atoms with Crippen LogP contribution in [-0.4, -0.2) is 31.5 Å². The first-order chi connectivity index (χ1) is 9.19. The lowest BCUT2D eigenvalue weighted by atomic mass is 10.1. The zero-order valence-electron chi connectivity index (χ0n) is 11.7. The van der Waals surface area contributed by atoms with Crippen LogP contribution in [0.1, 0.15) is 37.0 Å². The third-order valence-electron chi connectivity index (χ3n) is 3.47. The number of hydrogen-bond acceptors (Lipinski definition) is 4. The maximum absolute atomic E-state index is 11.7. The zero-order chi connectivity index (χ0) is 13.8. The summed E-state index contributed by atoms with van der Waals surface area (Å²) >= 11 is 0. The fourth-order valence-corrected chi connectivity index (χ4v) is 2.41. The van der Waals surface area contributed by atoms with E-state index in [1.807, 2.05) is 12.1 Å². The van der Waals surface area contributed by atoms with E-state index < -0.39 is 0 Å². The predicted molar refractivity (Wildman–Crippen MR) is 77.0 cm³/mol. The molecule has 1 aromatic rings. The average Bonchev–Trinajstić information content (AvgIpc) is 2.46. The molecule has 0 amide bonds. The smallest absolute Gasteiger partial charge is 0.176 e. The van der Waals surface area contributed by atoms with Gasteiger partial charge in [0.1, 0.15) is 11.9 Å². The van der Waals surface area contributed by atoms with E-state index in [0.717, 1.165) is 37.4 Å². The van der Waals surface area contributed by atoms with Gasteiger partial charge in [0.2, 0.25) is 0 Å². The van der Waals surface area contributed by atoms with Crippen molar-refractivity contribution in [3.63, 3.8) is 0 Å². The Morgan fingerprint density at radius 1 is 1.47 bits per heavy atom. The first-order valence-corrected chi connectivity index (χ1v) is 6.98. The van der Waals surface area contributed by atoms with Crippen molar-refractivity contribution in [2.24, 2.45) is 5.73 Å². The summed E-state index contributed by atoms with van der Waals surface area (Å²) in [7, 11) is 0. The number of hydrogen-bond donors (Lipinski definition) is 1. The largest absolute Gasteiger partial charge is 0.486 e. The number of benzene rings is 1. The molecular formula is C15H22N2O2. The molecule has 4 nitrogen and oxygen atoms in total. The van der Waals surface area contributed by atoms with Crippen LogP contribution in [0.5, 0.6) is 5.75 Å². The average molecular weight is 262 g/mol. The lowest BCUT2D eigenvalue weighted by Gasteiger charge is -2.36. The van der Waals surface area contributed by atoms with Gasteiger partial charge in [0, 0.05) is 12.1 Å². The monoisotopic (exact) mass is 262 g/mol. The molecule has 1 aliphatic rings. The van der Waals surface area contributed by atoms with E-state index in [1.54, 1.807) is 6.07 Å². The summed E-state index contributed by atoms with van der Waals surface area (Å²) in [6.07, 6.45) is 2.30. The topological polar surface area (TPSA) is 55.6 Å². The minimum absolute atomic E-state index is 0.0307. The second-order valence-corrected chi connectivity index (χ2v) is 4.90. The number of rotatable bonds is 5. The van der Waals surface area contributed by atoms with Crippen molar-refractivity contribution < 1.29 is 9.53 Å². The highest BCUT2D eigenvalue weighted by Gasteiger charge is 2.24. The molecule has 104 valence electrons. The van der Waals surface area contributed by atoms with Gasteiger partial charge in [-0.3, -0.25) is 4.79 Å². The number of fused-ring (bicyclic) bond motifs is 1. The molecule has 0 saturated heterocycles. The number of carbonyl (C=O) groups is 1. The Morgan fingerprint density at radius 2 is 2.26 bits per heavy atom. The molecule has 0 aromatic heterocycles. The Labute approximate surface area is 114 Å². The van der Waals surface area contributed by atoms with Crippen LogP contribution in [0.25, 0.3) is 0 Å². The number of anilines is 1. The molecule has 1 aromatic carbocycles. The number of ether oxygens (including phenoxy) is 1. The summed E-state index contributed by atoms with van der Waals surface area (Å²) in [5.41, 5.74) is 7.11. The van der Waals surface area contributed by atoms with Crippen LogP contribution in [0.3, 0.4) is 0 Å². The van der Waals surface area contributed by atoms with Gasteiger partial charge in [-0.15, -0.1) is 0 Å². The molecule has 19 heavy (non-hydrogen) atoms. The molecule has 0 aliphatic carbocycles. The van der Waals surface area contributed by atoms with Crippen molar-refractivity contribution in [1.29, 1.82) is 0 Å². The first-order valence-electron chi connectivity index (χ1n) is 6.98. The minimum atomic E-state index is -0.0307. The summed E-state index contributed by atoms with van der Waals surface area (Å²) in [4.78, 5) is 14.0. The Hall–Kier alpha value is -1.55. The van der Waals surface area contributed by atoms with Gasteiger partial charge < -0.3 is 15.4 Å². The summed E-state index contributed by atoms with van der Waals surface area (Å²) < 4.78 is 5.94. The summed E-state index contributed by atoms with van der Waals surface area (Å²) in [5, 5.41) is 0. The van der Waals surface area contributed by atoms with E-state index in [1.165, 1.54) is 0 Å². The SMILES string of the molecule is CCCN1CC(CC)Oc2ccc(C(=O)CN)cc21. The highest BCUT2D eigenvalue weighted by molar-refractivity contribution is 5.98. The quantitative estimate of drug-likeness (QED) is 0.827. The van der Waals surface area contributed by atoms with Crippen LogP contribution in [0.4, 0.5) is 5.69 Å². The fraction of sp³-hybridized carbons (Fsp3) is 0.533. The Kier molecular flexibility index (Phi) is 4.43. The van der Waals surface area contributed by atoms with Gasteiger partial charge in [0.15, 0.2) is 5.78 Å². The van der Waals surface area contributed by atoms with Gasteiger partial charge in [-0.1, -0.05) is 13.8 Å². The van der Waals surface area contributed by atoms with Crippen molar-refractivity contribution in [3.05, 3.63) is 23.8 Å². The summed E-state index contributed by atoms with van der Waals surface area (Å²) in [6.45, 7) is 6.20. The van der Waals surface area contributed by atoms with E-state index in [2.05, 4.69) is 18.7 Å². The summed E-state index contributed by atoms with van der Waals surface area (Å²) in [6, 6.07) is 5.60. The van der Waals surface area contributed by atoms with E-state index in [0.29, 0.717) is 5.56 Å². The van der Waals surface area contributed by atoms with E-state index >= 15 is 0 Å². The van der Waals surface area contributed by atoms with Crippen molar-refractivity contribution >= 4 is 11.5 Å². The predicted octanol–water partition coefficient (Wildman–Crippen LogP) is 2.22. The molecule has 2 N–H and O–H groups in total. The molecular weight excluding hydrogens is 240 g/mol. The van der Waals surface area contributed by atoms with Crippen molar-refractivity contribution in [1.82, 2.24) is 0 Å². The Morgan fingerprint density at radius 3 is 2.89 bits per heavy atom. The molecule has 0 fully saturated rings. The standard InChI is InChI=1S/C15H22N2O2/c1-3-7-17-10-12(4-2)19-15-6-5-11(8-13(15)17)14(18)9-16/h5-6,8,12H,3-4,7,9-10,16H2,1-2H3. The van der Waals surface area contributed by atoms with E-state index in [-0.39, 0.29) is 18.4 Å². The Balaban J connectivity index is 2.34. The normalized spacial score (nSPS) is 17.8. The molecule has 1 heterocycles. The molecule has 0 spiro atoms. The number of carbonyl (C=O) groups excluding carboxylic acids is 1. The molecule has 0 radical (unpaired) electrons. The van der Waals surface area contributed by atoms with Gasteiger partial charge in [-0.25, -0.2) is 0 Å². The summed E-state index contributed by atoms with van der Waals surface area (Å²) in [5.74, 6) is 0.844. The second kappa shape index (κ2) is 6.06. The van der Waals surface area contributed by atoms with Gasteiger partial charge in [0.25, 0.3) is 0 Å². The van der Waals surface area contributed by atoms with Crippen molar-refractivity contribution in [2.75, 3.05) is 24.5 Å². The van der Waals surface area contributed by atoms with Gasteiger partial charge in [0.05, 0.1) is 18.8 Å². The lowest BCUT2D eigenvalue weighted by Crippen LogP contribution is -2.40. The lowest BCUT2D eigenvalue weighted by molar-refractivity contribution is 0.100. The van der Waals surface area contributed by atoms with E-state index in [9.17, 15) is 4.79 Å². The zero-order valence-corrected chi connectivity index (χ0v) is 11.7. The maximum Gasteiger partial charge on any atom is 0.176 e. The molecule has 1 unspecified atom stereocenters. The van der Waals surface area contributed by atoms with E-state index in [4.69, 9.17) is 10.5 Å². The van der Waals surface area contributed by atoms with Crippen LogP contribution in [-0.2, 0) is 0 Å². The third kappa shape index (κ3) is 2.89. The minimum Gasteiger partial charge on any atom is -0.486 e. The molecule has 4 heteroatoms. The van der Waals surface area contributed by atoms with Crippen LogP contribution >= 0.6 is 0 Å². The van der Waals surface area contributed by atoms with Crippen LogP contribution in [0, 0.1) is 0 Å². The maximum atomic E-state index is 11.7. The molecule has 2 rings (SSSR count). The number of nitrogens with zero attached hydrogens (tertiary/aromatic N) is 1. The van der Waals surface area contributed by atoms with Crippen molar-refractivity contribution in [3.8, 4) is 5.75 Å². The highest BCUT2D eigenvalue weighted by Crippen LogP contribution is 2.35. The van der Waals surface area contributed by atoms with Gasteiger partial charge >= 0.3 is 0 Å². The second-order valence-electron chi connectivity index (χ2n) is 4.90. The third-order valence-corrected chi connectivity index (χ3v) is 3.47. The van der Waals surface area contributed by atoms with Crippen molar-refractivity contribution in [2.45, 2.75) is 32.8 Å². The van der Waals surface area contributed by atoms with Gasteiger partial charge in [-0.05, 0) is 31.0 Å². The Bertz CT molecular complexity index is 459.